The molecule has 1 heterocycles. The average Bonchev–Trinajstić information content (AvgIpc) is 3.30. The SMILES string of the molecule is CCc1ccccc1NC(=O)COC(=O)[C@H]1CC(=O)N(c2ccc(Oc3ccccc3OC)cc2)C1. The van der Waals surface area contributed by atoms with Crippen molar-refractivity contribution in [2.45, 2.75) is 19.8 Å². The fourth-order valence-corrected chi connectivity index (χ4v) is 4.03. The van der Waals surface area contributed by atoms with Gasteiger partial charge >= 0.3 is 5.97 Å². The molecule has 3 aromatic carbocycles. The third-order valence-corrected chi connectivity index (χ3v) is 5.92. The van der Waals surface area contributed by atoms with Crippen LogP contribution in [0, 0.1) is 5.92 Å². The third-order valence-electron chi connectivity index (χ3n) is 5.92. The maximum absolute atomic E-state index is 12.6. The molecule has 0 unspecified atom stereocenters. The summed E-state index contributed by atoms with van der Waals surface area (Å²) in [6, 6.07) is 21.8. The summed E-state index contributed by atoms with van der Waals surface area (Å²) in [7, 11) is 1.57. The molecule has 2 amide bonds. The van der Waals surface area contributed by atoms with Crippen molar-refractivity contribution in [3.63, 3.8) is 0 Å². The zero-order valence-corrected chi connectivity index (χ0v) is 20.2. The Balaban J connectivity index is 1.31. The minimum atomic E-state index is -0.641. The number of ether oxygens (including phenoxy) is 3. The predicted molar refractivity (Wildman–Crippen MR) is 135 cm³/mol. The molecule has 8 heteroatoms. The first kappa shape index (κ1) is 24.8. The molecule has 3 aromatic rings. The van der Waals surface area contributed by atoms with Crippen LogP contribution in [0.3, 0.4) is 0 Å². The summed E-state index contributed by atoms with van der Waals surface area (Å²) in [5.74, 6) is -0.0381. The highest BCUT2D eigenvalue weighted by Crippen LogP contribution is 2.33. The van der Waals surface area contributed by atoms with Crippen molar-refractivity contribution in [2.75, 3.05) is 30.5 Å². The monoisotopic (exact) mass is 488 g/mol. The van der Waals surface area contributed by atoms with E-state index in [-0.39, 0.29) is 18.9 Å². The second-order valence-electron chi connectivity index (χ2n) is 8.32. The molecule has 0 spiro atoms. The summed E-state index contributed by atoms with van der Waals surface area (Å²) < 4.78 is 16.4. The molecule has 0 aliphatic carbocycles. The molecular weight excluding hydrogens is 460 g/mol. The highest BCUT2D eigenvalue weighted by molar-refractivity contribution is 6.00. The van der Waals surface area contributed by atoms with Gasteiger partial charge in [0.05, 0.1) is 13.0 Å². The number of amides is 2. The summed E-state index contributed by atoms with van der Waals surface area (Å²) in [6.45, 7) is 1.77. The van der Waals surface area contributed by atoms with Gasteiger partial charge in [-0.1, -0.05) is 37.3 Å². The van der Waals surface area contributed by atoms with Crippen LogP contribution in [0.1, 0.15) is 18.9 Å². The Morgan fingerprint density at radius 2 is 1.67 bits per heavy atom. The zero-order valence-electron chi connectivity index (χ0n) is 20.2. The molecule has 186 valence electrons. The topological polar surface area (TPSA) is 94.2 Å². The Morgan fingerprint density at radius 1 is 0.972 bits per heavy atom. The van der Waals surface area contributed by atoms with E-state index in [0.29, 0.717) is 28.6 Å². The van der Waals surface area contributed by atoms with Gasteiger partial charge in [0.1, 0.15) is 5.75 Å². The van der Waals surface area contributed by atoms with E-state index in [0.717, 1.165) is 12.0 Å². The van der Waals surface area contributed by atoms with Gasteiger partial charge in [-0.3, -0.25) is 14.4 Å². The molecule has 1 N–H and O–H groups in total. The highest BCUT2D eigenvalue weighted by atomic mass is 16.5. The second kappa shape index (κ2) is 11.4. The molecule has 8 nitrogen and oxygen atoms in total. The van der Waals surface area contributed by atoms with Crippen LogP contribution in [0.25, 0.3) is 0 Å². The molecule has 4 rings (SSSR count). The molecule has 1 fully saturated rings. The van der Waals surface area contributed by atoms with Crippen LogP contribution < -0.4 is 19.7 Å². The Morgan fingerprint density at radius 3 is 2.39 bits per heavy atom. The van der Waals surface area contributed by atoms with Gasteiger partial charge in [0, 0.05) is 24.3 Å². The Bertz CT molecular complexity index is 1240. The van der Waals surface area contributed by atoms with E-state index in [1.165, 1.54) is 4.90 Å². The average molecular weight is 489 g/mol. The molecule has 1 atom stereocenters. The van der Waals surface area contributed by atoms with Gasteiger partial charge in [-0.2, -0.15) is 0 Å². The van der Waals surface area contributed by atoms with E-state index in [2.05, 4.69) is 5.32 Å². The van der Waals surface area contributed by atoms with Crippen LogP contribution in [0.2, 0.25) is 0 Å². The van der Waals surface area contributed by atoms with Crippen LogP contribution in [0.4, 0.5) is 11.4 Å². The Hall–Kier alpha value is -4.33. The lowest BCUT2D eigenvalue weighted by molar-refractivity contribution is -0.151. The fourth-order valence-electron chi connectivity index (χ4n) is 4.03. The first-order valence-electron chi connectivity index (χ1n) is 11.7. The van der Waals surface area contributed by atoms with Gasteiger partial charge in [-0.25, -0.2) is 0 Å². The number of hydrogen-bond acceptors (Lipinski definition) is 6. The predicted octanol–water partition coefficient (Wildman–Crippen LogP) is 4.58. The van der Waals surface area contributed by atoms with Crippen LogP contribution in [0.5, 0.6) is 17.2 Å². The molecule has 1 aliphatic heterocycles. The number of para-hydroxylation sites is 3. The number of esters is 1. The lowest BCUT2D eigenvalue weighted by Gasteiger charge is -2.17. The zero-order chi connectivity index (χ0) is 25.5. The van der Waals surface area contributed by atoms with Crippen molar-refractivity contribution in [3.8, 4) is 17.2 Å². The molecule has 0 aromatic heterocycles. The fraction of sp³-hybridized carbons (Fsp3) is 0.250. The van der Waals surface area contributed by atoms with Crippen molar-refractivity contribution >= 4 is 29.2 Å². The number of anilines is 2. The summed E-state index contributed by atoms with van der Waals surface area (Å²) in [5.41, 5.74) is 2.34. The summed E-state index contributed by atoms with van der Waals surface area (Å²) in [4.78, 5) is 38.9. The van der Waals surface area contributed by atoms with Gasteiger partial charge in [0.15, 0.2) is 18.1 Å². The molecule has 0 radical (unpaired) electrons. The van der Waals surface area contributed by atoms with Gasteiger partial charge in [0.2, 0.25) is 5.91 Å². The molecule has 36 heavy (non-hydrogen) atoms. The van der Waals surface area contributed by atoms with Crippen LogP contribution in [-0.4, -0.2) is 38.0 Å². The number of carbonyl (C=O) groups excluding carboxylic acids is 3. The number of carbonyl (C=O) groups is 3. The molecule has 0 bridgehead atoms. The normalized spacial score (nSPS) is 14.9. The van der Waals surface area contributed by atoms with Gasteiger partial charge in [0.25, 0.3) is 5.91 Å². The van der Waals surface area contributed by atoms with Crippen molar-refractivity contribution in [1.29, 1.82) is 0 Å². The lowest BCUT2D eigenvalue weighted by atomic mass is 10.1. The number of rotatable bonds is 9. The minimum Gasteiger partial charge on any atom is -0.493 e. The van der Waals surface area contributed by atoms with Gasteiger partial charge < -0.3 is 24.4 Å². The van der Waals surface area contributed by atoms with Gasteiger partial charge in [-0.05, 0) is 54.4 Å². The van der Waals surface area contributed by atoms with E-state index in [1.54, 1.807) is 49.6 Å². The summed E-state index contributed by atoms with van der Waals surface area (Å²) in [5, 5.41) is 2.77. The Labute approximate surface area is 209 Å². The van der Waals surface area contributed by atoms with Crippen molar-refractivity contribution in [3.05, 3.63) is 78.4 Å². The maximum Gasteiger partial charge on any atom is 0.311 e. The molecular formula is C28H28N2O6. The molecule has 0 saturated carbocycles. The largest absolute Gasteiger partial charge is 0.493 e. The quantitative estimate of drug-likeness (QED) is 0.443. The highest BCUT2D eigenvalue weighted by Gasteiger charge is 2.36. The standard InChI is InChI=1S/C28H28N2O6/c1-3-19-8-4-5-9-23(19)29-26(31)18-35-28(33)20-16-27(32)30(17-20)21-12-14-22(15-13-21)36-25-11-7-6-10-24(25)34-2/h4-15,20H,3,16-18H2,1-2H3,(H,29,31)/t20-/m0/s1. The minimum absolute atomic E-state index is 0.0264. The van der Waals surface area contributed by atoms with Crippen LogP contribution in [-0.2, 0) is 25.5 Å². The lowest BCUT2D eigenvalue weighted by Crippen LogP contribution is -2.28. The number of nitrogens with one attached hydrogen (secondary N) is 1. The number of benzene rings is 3. The van der Waals surface area contributed by atoms with Crippen LogP contribution in [0.15, 0.2) is 72.8 Å². The van der Waals surface area contributed by atoms with Crippen molar-refractivity contribution in [1.82, 2.24) is 0 Å². The second-order valence-corrected chi connectivity index (χ2v) is 8.32. The first-order valence-corrected chi connectivity index (χ1v) is 11.7. The van der Waals surface area contributed by atoms with E-state index >= 15 is 0 Å². The van der Waals surface area contributed by atoms with E-state index in [9.17, 15) is 14.4 Å². The molecule has 1 aliphatic rings. The number of aryl methyl sites for hydroxylation is 1. The maximum atomic E-state index is 12.6. The van der Waals surface area contributed by atoms with Gasteiger partial charge in [-0.15, -0.1) is 0 Å². The van der Waals surface area contributed by atoms with Crippen molar-refractivity contribution < 1.29 is 28.6 Å². The smallest absolute Gasteiger partial charge is 0.311 e. The Kier molecular flexibility index (Phi) is 7.85. The van der Waals surface area contributed by atoms with Crippen LogP contribution >= 0.6 is 0 Å². The van der Waals surface area contributed by atoms with Crippen molar-refractivity contribution in [2.24, 2.45) is 5.92 Å². The molecule has 1 saturated heterocycles. The van der Waals surface area contributed by atoms with E-state index in [1.807, 2.05) is 37.3 Å². The third kappa shape index (κ3) is 5.83. The number of nitrogens with zero attached hydrogens (tertiary/aromatic N) is 1. The summed E-state index contributed by atoms with van der Waals surface area (Å²) >= 11 is 0. The van der Waals surface area contributed by atoms with E-state index < -0.39 is 24.4 Å². The van der Waals surface area contributed by atoms with E-state index in [4.69, 9.17) is 14.2 Å². The first-order chi connectivity index (χ1) is 17.5. The number of methoxy groups -OCH3 is 1. The number of hydrogen-bond donors (Lipinski definition) is 1. The summed E-state index contributed by atoms with van der Waals surface area (Å²) in [6.07, 6.45) is 0.794.